The Balaban J connectivity index is 1.50. The predicted molar refractivity (Wildman–Crippen MR) is 99.4 cm³/mol. The molecule has 1 fully saturated rings. The first-order valence-corrected chi connectivity index (χ1v) is 9.10. The van der Waals surface area contributed by atoms with Crippen molar-refractivity contribution in [2.75, 3.05) is 31.6 Å². The molecule has 1 atom stereocenters. The summed E-state index contributed by atoms with van der Waals surface area (Å²) in [5, 5.41) is 2.87. The van der Waals surface area contributed by atoms with Crippen LogP contribution in [0.1, 0.15) is 33.0 Å². The third-order valence-electron chi connectivity index (χ3n) is 5.26. The Hall–Kier alpha value is -2.73. The molecular weight excluding hydrogens is 347 g/mol. The molecule has 2 aromatic carbocycles. The van der Waals surface area contributed by atoms with Crippen LogP contribution in [0.2, 0.25) is 0 Å². The van der Waals surface area contributed by atoms with Crippen LogP contribution in [0.25, 0.3) is 0 Å². The maximum Gasteiger partial charge on any atom is 0.254 e. The molecule has 2 amide bonds. The summed E-state index contributed by atoms with van der Waals surface area (Å²) in [5.74, 6) is -0.917. The standard InChI is InChI=1S/C21H21FN2O3/c1-13-2-5-16(12-17(13)21(26)24-6-8-27-9-7-24)23-20(25)19-10-14-3-4-15(22)11-18(14)19/h2-5,11-12,19H,6-10H2,1H3,(H,23,25). The molecule has 1 aliphatic heterocycles. The maximum atomic E-state index is 13.4. The molecule has 2 aliphatic rings. The number of hydrogen-bond acceptors (Lipinski definition) is 3. The number of nitrogens with one attached hydrogen (secondary N) is 1. The number of rotatable bonds is 3. The summed E-state index contributed by atoms with van der Waals surface area (Å²) in [5.41, 5.74) is 3.76. The van der Waals surface area contributed by atoms with Crippen LogP contribution in [-0.2, 0) is 16.0 Å². The number of fused-ring (bicyclic) bond motifs is 1. The molecule has 27 heavy (non-hydrogen) atoms. The predicted octanol–water partition coefficient (Wildman–Crippen LogP) is 2.88. The Kier molecular flexibility index (Phi) is 4.66. The number of nitrogens with zero attached hydrogens (tertiary/aromatic N) is 1. The van der Waals surface area contributed by atoms with Crippen LogP contribution < -0.4 is 5.32 Å². The number of halogens is 1. The number of morpholine rings is 1. The highest BCUT2D eigenvalue weighted by atomic mass is 19.1. The van der Waals surface area contributed by atoms with Gasteiger partial charge in [-0.05, 0) is 54.3 Å². The molecule has 4 rings (SSSR count). The van der Waals surface area contributed by atoms with Gasteiger partial charge in [0.2, 0.25) is 5.91 Å². The van der Waals surface area contributed by atoms with E-state index in [1.54, 1.807) is 23.1 Å². The van der Waals surface area contributed by atoms with Gasteiger partial charge in [-0.25, -0.2) is 4.39 Å². The van der Waals surface area contributed by atoms with E-state index in [0.29, 0.717) is 44.0 Å². The maximum absolute atomic E-state index is 13.4. The van der Waals surface area contributed by atoms with Crippen molar-refractivity contribution in [1.82, 2.24) is 4.90 Å². The molecule has 1 saturated heterocycles. The van der Waals surface area contributed by atoms with Crippen LogP contribution in [-0.4, -0.2) is 43.0 Å². The van der Waals surface area contributed by atoms with Crippen molar-refractivity contribution in [3.05, 3.63) is 64.5 Å². The van der Waals surface area contributed by atoms with Gasteiger partial charge in [0.05, 0.1) is 19.1 Å². The lowest BCUT2D eigenvalue weighted by Crippen LogP contribution is -2.41. The van der Waals surface area contributed by atoms with Gasteiger partial charge in [0, 0.05) is 24.3 Å². The largest absolute Gasteiger partial charge is 0.378 e. The Bertz CT molecular complexity index is 906. The molecule has 0 radical (unpaired) electrons. The summed E-state index contributed by atoms with van der Waals surface area (Å²) >= 11 is 0. The minimum atomic E-state index is -0.351. The van der Waals surface area contributed by atoms with Crippen molar-refractivity contribution >= 4 is 17.5 Å². The minimum Gasteiger partial charge on any atom is -0.378 e. The average molecular weight is 368 g/mol. The highest BCUT2D eigenvalue weighted by molar-refractivity contribution is 6.00. The normalized spacial score (nSPS) is 18.4. The molecule has 1 N–H and O–H groups in total. The fourth-order valence-electron chi connectivity index (χ4n) is 3.61. The molecule has 1 aliphatic carbocycles. The molecule has 1 heterocycles. The molecule has 140 valence electrons. The zero-order valence-electron chi connectivity index (χ0n) is 15.1. The van der Waals surface area contributed by atoms with Crippen molar-refractivity contribution in [3.8, 4) is 0 Å². The third kappa shape index (κ3) is 3.45. The zero-order valence-corrected chi connectivity index (χ0v) is 15.1. The first kappa shape index (κ1) is 17.7. The van der Waals surface area contributed by atoms with E-state index in [2.05, 4.69) is 5.32 Å². The van der Waals surface area contributed by atoms with E-state index in [-0.39, 0.29) is 23.5 Å². The fraction of sp³-hybridized carbons (Fsp3) is 0.333. The number of ether oxygens (including phenoxy) is 1. The van der Waals surface area contributed by atoms with E-state index < -0.39 is 0 Å². The van der Waals surface area contributed by atoms with Crippen LogP contribution in [0.3, 0.4) is 0 Å². The lowest BCUT2D eigenvalue weighted by Gasteiger charge is -2.29. The summed E-state index contributed by atoms with van der Waals surface area (Å²) in [6.45, 7) is 4.10. The van der Waals surface area contributed by atoms with Crippen molar-refractivity contribution in [2.45, 2.75) is 19.3 Å². The number of carbonyl (C=O) groups excluding carboxylic acids is 2. The van der Waals surface area contributed by atoms with Gasteiger partial charge in [0.15, 0.2) is 0 Å². The van der Waals surface area contributed by atoms with Crippen LogP contribution in [0.15, 0.2) is 36.4 Å². The van der Waals surface area contributed by atoms with Crippen molar-refractivity contribution in [1.29, 1.82) is 0 Å². The van der Waals surface area contributed by atoms with E-state index in [9.17, 15) is 14.0 Å². The molecular formula is C21H21FN2O3. The van der Waals surface area contributed by atoms with Crippen LogP contribution in [0, 0.1) is 12.7 Å². The number of amides is 2. The van der Waals surface area contributed by atoms with Gasteiger partial charge in [-0.2, -0.15) is 0 Å². The van der Waals surface area contributed by atoms with E-state index in [1.807, 2.05) is 13.0 Å². The van der Waals surface area contributed by atoms with Crippen molar-refractivity contribution in [3.63, 3.8) is 0 Å². The molecule has 0 bridgehead atoms. The summed E-state index contributed by atoms with van der Waals surface area (Å²) in [6.07, 6.45) is 0.604. The van der Waals surface area contributed by atoms with Crippen LogP contribution in [0.5, 0.6) is 0 Å². The zero-order chi connectivity index (χ0) is 19.0. The monoisotopic (exact) mass is 368 g/mol. The van der Waals surface area contributed by atoms with Gasteiger partial charge in [0.1, 0.15) is 5.82 Å². The summed E-state index contributed by atoms with van der Waals surface area (Å²) in [7, 11) is 0. The first-order chi connectivity index (χ1) is 13.0. The quantitative estimate of drug-likeness (QED) is 0.906. The summed E-state index contributed by atoms with van der Waals surface area (Å²) < 4.78 is 18.7. The number of anilines is 1. The molecule has 6 heteroatoms. The Labute approximate surface area is 157 Å². The number of benzene rings is 2. The summed E-state index contributed by atoms with van der Waals surface area (Å²) in [4.78, 5) is 27.1. The molecule has 0 spiro atoms. The molecule has 5 nitrogen and oxygen atoms in total. The average Bonchev–Trinajstić information content (AvgIpc) is 2.66. The molecule has 2 aromatic rings. The smallest absolute Gasteiger partial charge is 0.254 e. The highest BCUT2D eigenvalue weighted by Crippen LogP contribution is 2.36. The van der Waals surface area contributed by atoms with Gasteiger partial charge in [-0.3, -0.25) is 9.59 Å². The lowest BCUT2D eigenvalue weighted by atomic mass is 9.77. The van der Waals surface area contributed by atoms with Crippen LogP contribution >= 0.6 is 0 Å². The lowest BCUT2D eigenvalue weighted by molar-refractivity contribution is -0.118. The first-order valence-electron chi connectivity index (χ1n) is 9.10. The number of aryl methyl sites for hydroxylation is 1. The Morgan fingerprint density at radius 1 is 1.15 bits per heavy atom. The second-order valence-corrected chi connectivity index (χ2v) is 7.02. The highest BCUT2D eigenvalue weighted by Gasteiger charge is 2.32. The van der Waals surface area contributed by atoms with Gasteiger partial charge in [0.25, 0.3) is 5.91 Å². The second-order valence-electron chi connectivity index (χ2n) is 7.02. The molecule has 0 saturated carbocycles. The van der Waals surface area contributed by atoms with Gasteiger partial charge < -0.3 is 15.0 Å². The molecule has 1 unspecified atom stereocenters. The third-order valence-corrected chi connectivity index (χ3v) is 5.26. The summed E-state index contributed by atoms with van der Waals surface area (Å²) in [6, 6.07) is 9.89. The van der Waals surface area contributed by atoms with Gasteiger partial charge in [-0.15, -0.1) is 0 Å². The van der Waals surface area contributed by atoms with E-state index in [4.69, 9.17) is 4.74 Å². The second kappa shape index (κ2) is 7.12. The van der Waals surface area contributed by atoms with E-state index in [1.165, 1.54) is 12.1 Å². The van der Waals surface area contributed by atoms with Crippen LogP contribution in [0.4, 0.5) is 10.1 Å². The SMILES string of the molecule is Cc1ccc(NC(=O)C2Cc3ccc(F)cc32)cc1C(=O)N1CCOCC1. The van der Waals surface area contributed by atoms with E-state index in [0.717, 1.165) is 16.7 Å². The van der Waals surface area contributed by atoms with E-state index >= 15 is 0 Å². The van der Waals surface area contributed by atoms with Gasteiger partial charge in [-0.1, -0.05) is 12.1 Å². The number of carbonyl (C=O) groups is 2. The Morgan fingerprint density at radius 3 is 2.70 bits per heavy atom. The minimum absolute atomic E-state index is 0.0528. The topological polar surface area (TPSA) is 58.6 Å². The fourth-order valence-corrected chi connectivity index (χ4v) is 3.61. The molecule has 0 aromatic heterocycles. The van der Waals surface area contributed by atoms with Gasteiger partial charge >= 0.3 is 0 Å². The van der Waals surface area contributed by atoms with Crippen molar-refractivity contribution in [2.24, 2.45) is 0 Å². The van der Waals surface area contributed by atoms with Crippen molar-refractivity contribution < 1.29 is 18.7 Å². The Morgan fingerprint density at radius 2 is 1.93 bits per heavy atom. The number of hydrogen-bond donors (Lipinski definition) is 1.